The van der Waals surface area contributed by atoms with Gasteiger partial charge in [0.1, 0.15) is 5.82 Å². The molecular formula is C13H11N5O5. The van der Waals surface area contributed by atoms with Gasteiger partial charge in [0.05, 0.1) is 32.9 Å². The molecule has 0 spiro atoms. The van der Waals surface area contributed by atoms with Crippen LogP contribution in [-0.2, 0) is 0 Å². The van der Waals surface area contributed by atoms with Crippen LogP contribution >= 0.6 is 0 Å². The minimum atomic E-state index is -0.806. The molecule has 1 aromatic carbocycles. The molecular weight excluding hydrogens is 306 g/mol. The molecule has 0 aliphatic carbocycles. The molecule has 0 bridgehead atoms. The van der Waals surface area contributed by atoms with Gasteiger partial charge in [0.15, 0.2) is 0 Å². The van der Waals surface area contributed by atoms with E-state index < -0.39 is 27.1 Å². The molecule has 0 fully saturated rings. The van der Waals surface area contributed by atoms with Crippen LogP contribution in [0.5, 0.6) is 0 Å². The van der Waals surface area contributed by atoms with Crippen molar-refractivity contribution in [2.75, 3.05) is 11.1 Å². The fraction of sp³-hybridized carbons (Fsp3) is 0.0769. The zero-order valence-corrected chi connectivity index (χ0v) is 11.8. The molecule has 0 aliphatic rings. The van der Waals surface area contributed by atoms with Crippen LogP contribution < -0.4 is 11.1 Å². The number of nitrogens with zero attached hydrogens (tertiary/aromatic N) is 3. The third-order valence-electron chi connectivity index (χ3n) is 2.94. The van der Waals surface area contributed by atoms with Gasteiger partial charge in [-0.2, -0.15) is 0 Å². The lowest BCUT2D eigenvalue weighted by atomic mass is 10.1. The molecule has 1 aromatic heterocycles. The summed E-state index contributed by atoms with van der Waals surface area (Å²) in [5, 5.41) is 24.1. The minimum Gasteiger partial charge on any atom is -0.384 e. The molecule has 118 valence electrons. The number of nitrogens with one attached hydrogen (secondary N) is 1. The smallest absolute Gasteiger partial charge is 0.277 e. The number of aromatic nitrogens is 1. The van der Waals surface area contributed by atoms with Crippen LogP contribution in [-0.4, -0.2) is 20.7 Å². The van der Waals surface area contributed by atoms with Crippen LogP contribution in [0.4, 0.5) is 22.9 Å². The predicted molar refractivity (Wildman–Crippen MR) is 81.1 cm³/mol. The summed E-state index contributed by atoms with van der Waals surface area (Å²) in [6, 6.07) is 5.69. The Morgan fingerprint density at radius 1 is 1.13 bits per heavy atom. The van der Waals surface area contributed by atoms with Crippen molar-refractivity contribution in [1.29, 1.82) is 0 Å². The Morgan fingerprint density at radius 3 is 2.17 bits per heavy atom. The van der Waals surface area contributed by atoms with Crippen LogP contribution in [0.25, 0.3) is 0 Å². The zero-order valence-electron chi connectivity index (χ0n) is 11.8. The van der Waals surface area contributed by atoms with Gasteiger partial charge in [-0.15, -0.1) is 0 Å². The highest BCUT2D eigenvalue weighted by Crippen LogP contribution is 2.24. The zero-order chi connectivity index (χ0) is 17.1. The van der Waals surface area contributed by atoms with Crippen molar-refractivity contribution in [2.45, 2.75) is 6.92 Å². The van der Waals surface area contributed by atoms with Gasteiger partial charge >= 0.3 is 0 Å². The van der Waals surface area contributed by atoms with E-state index in [2.05, 4.69) is 10.3 Å². The topological polar surface area (TPSA) is 154 Å². The number of benzene rings is 1. The van der Waals surface area contributed by atoms with E-state index in [0.717, 1.165) is 18.2 Å². The SMILES string of the molecule is Cc1nc(N)ccc1NC(=O)c1cc([N+](=O)[O-])cc([N+](=O)[O-])c1. The Morgan fingerprint density at radius 2 is 1.70 bits per heavy atom. The van der Waals surface area contributed by atoms with E-state index in [-0.39, 0.29) is 11.4 Å². The summed E-state index contributed by atoms with van der Waals surface area (Å²) in [5.41, 5.74) is 4.99. The van der Waals surface area contributed by atoms with Gasteiger partial charge in [-0.3, -0.25) is 25.0 Å². The molecule has 0 radical (unpaired) electrons. The lowest BCUT2D eigenvalue weighted by molar-refractivity contribution is -0.394. The van der Waals surface area contributed by atoms with E-state index in [9.17, 15) is 25.0 Å². The number of carbonyl (C=O) groups is 1. The number of aryl methyl sites for hydroxylation is 1. The van der Waals surface area contributed by atoms with E-state index in [1.807, 2.05) is 0 Å². The summed E-state index contributed by atoms with van der Waals surface area (Å²) in [4.78, 5) is 36.2. The molecule has 1 amide bonds. The maximum absolute atomic E-state index is 12.2. The molecule has 2 rings (SSSR count). The Labute approximate surface area is 129 Å². The first-order valence-electron chi connectivity index (χ1n) is 6.26. The minimum absolute atomic E-state index is 0.206. The van der Waals surface area contributed by atoms with E-state index in [4.69, 9.17) is 5.73 Å². The Balaban J connectivity index is 2.38. The van der Waals surface area contributed by atoms with Crippen molar-refractivity contribution in [1.82, 2.24) is 4.98 Å². The molecule has 0 aliphatic heterocycles. The number of hydrogen-bond acceptors (Lipinski definition) is 7. The Hall–Kier alpha value is -3.56. The average molecular weight is 317 g/mol. The number of amides is 1. The van der Waals surface area contributed by atoms with Gasteiger partial charge in [-0.1, -0.05) is 0 Å². The molecule has 10 nitrogen and oxygen atoms in total. The number of rotatable bonds is 4. The molecule has 2 aromatic rings. The molecule has 1 heterocycles. The Kier molecular flexibility index (Phi) is 4.16. The third-order valence-corrected chi connectivity index (χ3v) is 2.94. The lowest BCUT2D eigenvalue weighted by Crippen LogP contribution is -2.14. The summed E-state index contributed by atoms with van der Waals surface area (Å²) in [5.74, 6) is -0.460. The molecule has 23 heavy (non-hydrogen) atoms. The molecule has 10 heteroatoms. The van der Waals surface area contributed by atoms with Crippen LogP contribution in [0.1, 0.15) is 16.1 Å². The van der Waals surface area contributed by atoms with Crippen LogP contribution in [0.2, 0.25) is 0 Å². The van der Waals surface area contributed by atoms with Crippen molar-refractivity contribution < 1.29 is 14.6 Å². The molecule has 0 saturated heterocycles. The Bertz CT molecular complexity index is 788. The van der Waals surface area contributed by atoms with Crippen molar-refractivity contribution >= 4 is 28.8 Å². The van der Waals surface area contributed by atoms with Gasteiger partial charge in [0, 0.05) is 12.1 Å². The van der Waals surface area contributed by atoms with E-state index in [1.165, 1.54) is 12.1 Å². The fourth-order valence-corrected chi connectivity index (χ4v) is 1.84. The summed E-state index contributed by atoms with van der Waals surface area (Å²) < 4.78 is 0. The lowest BCUT2D eigenvalue weighted by Gasteiger charge is -2.08. The standard InChI is InChI=1S/C13H11N5O5/c1-7-11(2-3-12(14)15-7)16-13(19)8-4-9(17(20)21)6-10(5-8)18(22)23/h2-6H,1H3,(H2,14,15)(H,16,19). The highest BCUT2D eigenvalue weighted by atomic mass is 16.6. The maximum Gasteiger partial charge on any atom is 0.277 e. The van der Waals surface area contributed by atoms with Crippen LogP contribution in [0, 0.1) is 27.2 Å². The van der Waals surface area contributed by atoms with Crippen molar-refractivity contribution in [3.05, 3.63) is 61.8 Å². The number of hydrogen-bond donors (Lipinski definition) is 2. The average Bonchev–Trinajstić information content (AvgIpc) is 2.49. The largest absolute Gasteiger partial charge is 0.384 e. The summed E-state index contributed by atoms with van der Waals surface area (Å²) in [6.07, 6.45) is 0. The molecule has 0 atom stereocenters. The molecule has 0 unspecified atom stereocenters. The molecule has 3 N–H and O–H groups in total. The number of anilines is 2. The number of nitro groups is 2. The number of carbonyl (C=O) groups excluding carboxylic acids is 1. The van der Waals surface area contributed by atoms with Crippen LogP contribution in [0.15, 0.2) is 30.3 Å². The van der Waals surface area contributed by atoms with Gasteiger partial charge in [-0.25, -0.2) is 4.98 Å². The number of nitro benzene ring substituents is 2. The summed E-state index contributed by atoms with van der Waals surface area (Å²) in [7, 11) is 0. The number of non-ortho nitro benzene ring substituents is 2. The normalized spacial score (nSPS) is 10.1. The van der Waals surface area contributed by atoms with Gasteiger partial charge < -0.3 is 11.1 Å². The number of nitrogen functional groups attached to an aromatic ring is 1. The quantitative estimate of drug-likeness (QED) is 0.645. The van der Waals surface area contributed by atoms with E-state index in [1.54, 1.807) is 6.92 Å². The highest BCUT2D eigenvalue weighted by molar-refractivity contribution is 6.05. The fourth-order valence-electron chi connectivity index (χ4n) is 1.84. The summed E-state index contributed by atoms with van der Waals surface area (Å²) >= 11 is 0. The van der Waals surface area contributed by atoms with Gasteiger partial charge in [-0.05, 0) is 19.1 Å². The predicted octanol–water partition coefficient (Wildman–Crippen LogP) is 2.04. The second-order valence-corrected chi connectivity index (χ2v) is 4.58. The van der Waals surface area contributed by atoms with Gasteiger partial charge in [0.25, 0.3) is 17.3 Å². The second-order valence-electron chi connectivity index (χ2n) is 4.58. The second kappa shape index (κ2) is 6.05. The van der Waals surface area contributed by atoms with Crippen molar-refractivity contribution in [2.24, 2.45) is 0 Å². The first kappa shape index (κ1) is 15.8. The summed E-state index contributed by atoms with van der Waals surface area (Å²) in [6.45, 7) is 1.61. The first-order chi connectivity index (χ1) is 10.8. The van der Waals surface area contributed by atoms with Gasteiger partial charge in [0.2, 0.25) is 0 Å². The van der Waals surface area contributed by atoms with Crippen LogP contribution in [0.3, 0.4) is 0 Å². The molecule has 0 saturated carbocycles. The number of nitrogens with two attached hydrogens (primary N) is 1. The first-order valence-corrected chi connectivity index (χ1v) is 6.26. The maximum atomic E-state index is 12.2. The van der Waals surface area contributed by atoms with Crippen molar-refractivity contribution in [3.63, 3.8) is 0 Å². The number of pyridine rings is 1. The third kappa shape index (κ3) is 3.56. The van der Waals surface area contributed by atoms with E-state index in [0.29, 0.717) is 11.4 Å². The van der Waals surface area contributed by atoms with E-state index >= 15 is 0 Å². The highest BCUT2D eigenvalue weighted by Gasteiger charge is 2.20. The monoisotopic (exact) mass is 317 g/mol. The van der Waals surface area contributed by atoms with Crippen molar-refractivity contribution in [3.8, 4) is 0 Å².